The van der Waals surface area contributed by atoms with Crippen molar-refractivity contribution in [3.8, 4) is 0 Å². The summed E-state index contributed by atoms with van der Waals surface area (Å²) in [5.74, 6) is 2.93. The van der Waals surface area contributed by atoms with Gasteiger partial charge < -0.3 is 4.43 Å². The fourth-order valence-electron chi connectivity index (χ4n) is 11.5. The van der Waals surface area contributed by atoms with Crippen molar-refractivity contribution in [3.63, 3.8) is 0 Å². The minimum Gasteiger partial charge on any atom is -0.413 e. The first-order chi connectivity index (χ1) is 19.2. The lowest BCUT2D eigenvalue weighted by Crippen LogP contribution is -2.66. The maximum absolute atomic E-state index is 13.8. The van der Waals surface area contributed by atoms with Crippen molar-refractivity contribution < 1.29 is 9.22 Å². The van der Waals surface area contributed by atoms with Gasteiger partial charge in [0.2, 0.25) is 0 Å². The van der Waals surface area contributed by atoms with Gasteiger partial charge in [-0.1, -0.05) is 104 Å². The lowest BCUT2D eigenvalue weighted by molar-refractivity contribution is -0.221. The van der Waals surface area contributed by atoms with Gasteiger partial charge in [0.25, 0.3) is 0 Å². The molecule has 0 bridgehead atoms. The summed E-state index contributed by atoms with van der Waals surface area (Å²) in [5.41, 5.74) is 1.03. The molecule has 236 valence electrons. The molecule has 42 heavy (non-hydrogen) atoms. The molecular formula is C38H64O2Si2. The Morgan fingerprint density at radius 1 is 0.762 bits per heavy atom. The van der Waals surface area contributed by atoms with Gasteiger partial charge >= 0.3 is 0 Å². The highest BCUT2D eigenvalue weighted by atomic mass is 28.4. The Balaban J connectivity index is 1.42. The summed E-state index contributed by atoms with van der Waals surface area (Å²) < 4.78 is 7.23. The summed E-state index contributed by atoms with van der Waals surface area (Å²) in [6.45, 7) is 30.1. The lowest BCUT2D eigenvalue weighted by atomic mass is 9.35. The highest BCUT2D eigenvalue weighted by Gasteiger charge is 2.67. The molecule has 0 saturated heterocycles. The minimum absolute atomic E-state index is 0.140. The van der Waals surface area contributed by atoms with Crippen LogP contribution in [-0.4, -0.2) is 28.3 Å². The smallest absolute Gasteiger partial charge is 0.192 e. The highest BCUT2D eigenvalue weighted by molar-refractivity contribution is 6.90. The number of rotatable bonds is 5. The van der Waals surface area contributed by atoms with Crippen LogP contribution in [-0.2, 0) is 9.22 Å². The Morgan fingerprint density at radius 3 is 1.90 bits per heavy atom. The van der Waals surface area contributed by atoms with Gasteiger partial charge in [-0.05, 0) is 109 Å². The van der Waals surface area contributed by atoms with Crippen LogP contribution in [0.2, 0.25) is 37.3 Å². The third-order valence-electron chi connectivity index (χ3n) is 15.0. The molecule has 0 unspecified atom stereocenters. The van der Waals surface area contributed by atoms with E-state index in [1.807, 2.05) is 0 Å². The monoisotopic (exact) mass is 608 g/mol. The van der Waals surface area contributed by atoms with Crippen molar-refractivity contribution >= 4 is 27.4 Å². The fourth-order valence-corrected chi connectivity index (χ4v) is 16.1. The minimum atomic E-state index is -1.83. The van der Waals surface area contributed by atoms with E-state index in [0.717, 1.165) is 24.8 Å². The van der Waals surface area contributed by atoms with E-state index >= 15 is 0 Å². The molecule has 0 spiro atoms. The Morgan fingerprint density at radius 2 is 1.29 bits per heavy atom. The maximum atomic E-state index is 13.8. The van der Waals surface area contributed by atoms with Crippen molar-refractivity contribution in [2.24, 2.45) is 45.3 Å². The zero-order chi connectivity index (χ0) is 31.1. The Bertz CT molecular complexity index is 1170. The molecule has 0 N–H and O–H groups in total. The van der Waals surface area contributed by atoms with Gasteiger partial charge in [0.1, 0.15) is 5.78 Å². The summed E-state index contributed by atoms with van der Waals surface area (Å²) in [6, 6.07) is 12.3. The predicted molar refractivity (Wildman–Crippen MR) is 184 cm³/mol. The van der Waals surface area contributed by atoms with Crippen LogP contribution in [0.4, 0.5) is 0 Å². The molecule has 4 aliphatic rings. The molecule has 0 radical (unpaired) electrons. The third kappa shape index (κ3) is 5.00. The molecule has 0 aromatic heterocycles. The summed E-state index contributed by atoms with van der Waals surface area (Å²) in [7, 11) is -3.57. The largest absolute Gasteiger partial charge is 0.413 e. The van der Waals surface area contributed by atoms with Gasteiger partial charge in [0, 0.05) is 12.3 Å². The van der Waals surface area contributed by atoms with Crippen molar-refractivity contribution in [1.82, 2.24) is 0 Å². The first-order valence-electron chi connectivity index (χ1n) is 17.5. The summed E-state index contributed by atoms with van der Waals surface area (Å²) in [4.78, 5) is 13.8. The van der Waals surface area contributed by atoms with Gasteiger partial charge in [-0.2, -0.15) is 0 Å². The van der Waals surface area contributed by atoms with Gasteiger partial charge in [-0.15, -0.1) is 0 Å². The Kier molecular flexibility index (Phi) is 8.10. The van der Waals surface area contributed by atoms with Gasteiger partial charge in [0.05, 0.1) is 14.2 Å². The Hall–Kier alpha value is -0.716. The van der Waals surface area contributed by atoms with E-state index in [0.29, 0.717) is 34.6 Å². The van der Waals surface area contributed by atoms with E-state index < -0.39 is 16.4 Å². The molecule has 1 aromatic rings. The van der Waals surface area contributed by atoms with E-state index in [4.69, 9.17) is 4.43 Å². The van der Waals surface area contributed by atoms with E-state index in [2.05, 4.69) is 112 Å². The zero-order valence-electron chi connectivity index (χ0n) is 29.5. The van der Waals surface area contributed by atoms with Crippen LogP contribution in [0.1, 0.15) is 107 Å². The van der Waals surface area contributed by atoms with E-state index in [1.54, 1.807) is 0 Å². The number of carbonyl (C=O) groups excluding carboxylic acids is 1. The predicted octanol–water partition coefficient (Wildman–Crippen LogP) is 10.2. The van der Waals surface area contributed by atoms with Crippen LogP contribution in [0.15, 0.2) is 30.3 Å². The molecule has 4 saturated carbocycles. The second-order valence-electron chi connectivity index (χ2n) is 19.0. The second kappa shape index (κ2) is 10.4. The van der Waals surface area contributed by atoms with Crippen molar-refractivity contribution in [2.45, 2.75) is 150 Å². The molecule has 0 heterocycles. The maximum Gasteiger partial charge on any atom is 0.192 e. The summed E-state index contributed by atoms with van der Waals surface area (Å²) >= 11 is 0. The molecule has 0 aliphatic heterocycles. The molecule has 1 aromatic carbocycles. The first kappa shape index (κ1) is 32.7. The lowest BCUT2D eigenvalue weighted by Gasteiger charge is -2.71. The van der Waals surface area contributed by atoms with Crippen LogP contribution >= 0.6 is 0 Å². The summed E-state index contributed by atoms with van der Waals surface area (Å²) in [5, 5.41) is 1.76. The molecule has 0 amide bonds. The highest BCUT2D eigenvalue weighted by Crippen LogP contribution is 2.73. The Labute approximate surface area is 261 Å². The third-order valence-corrected chi connectivity index (χ3v) is 22.8. The molecule has 4 aliphatic carbocycles. The zero-order valence-corrected chi connectivity index (χ0v) is 31.5. The van der Waals surface area contributed by atoms with E-state index in [1.165, 1.54) is 43.7 Å². The first-order valence-corrected chi connectivity index (χ1v) is 23.6. The SMILES string of the molecule is CC1(C)[C@@H](O[Si](C)(C)C(C)(C)C)CC[C@]2(C)[C@H]3CC[C@@]4(C)[C@@H](CCC(=O)[C@@H]4C[Si](C)(C)c4ccccc4)[C@]3(C)CC[C@@H]12. The number of Topliss-reactive ketones (excluding diaryl/α,β-unsaturated/α-hetero) is 1. The molecular weight excluding hydrogens is 545 g/mol. The number of carbonyl (C=O) groups is 1. The molecule has 8 atom stereocenters. The van der Waals surface area contributed by atoms with Gasteiger partial charge in [-0.3, -0.25) is 4.79 Å². The number of ketones is 1. The molecule has 2 nitrogen and oxygen atoms in total. The molecule has 4 heteroatoms. The average molecular weight is 609 g/mol. The molecule has 4 fully saturated rings. The topological polar surface area (TPSA) is 26.3 Å². The normalized spacial score (nSPS) is 40.6. The van der Waals surface area contributed by atoms with Gasteiger partial charge in [-0.25, -0.2) is 0 Å². The van der Waals surface area contributed by atoms with E-state index in [9.17, 15) is 4.79 Å². The fraction of sp³-hybridized carbons (Fsp3) is 0.816. The van der Waals surface area contributed by atoms with Crippen molar-refractivity contribution in [1.29, 1.82) is 0 Å². The average Bonchev–Trinajstić information content (AvgIpc) is 2.87. The number of hydrogen-bond donors (Lipinski definition) is 0. The standard InChI is InChI=1S/C38H64O2Si2/c1-34(2,3)42(11,12)40-33-22-25-37(7)30(35(33,4)5)20-24-38(8)31-19-18-29(39)28(36(31,6)23-21-32(37)38)26-41(9,10)27-16-14-13-15-17-27/h13-17,28,30-33H,18-26H2,1-12H3/t28-,30-,31+,32+,33-,36+,37-,38-/m0/s1. The van der Waals surface area contributed by atoms with Crippen LogP contribution in [0.5, 0.6) is 0 Å². The van der Waals surface area contributed by atoms with E-state index in [-0.39, 0.29) is 21.8 Å². The number of fused-ring (bicyclic) bond motifs is 5. The van der Waals surface area contributed by atoms with Crippen molar-refractivity contribution in [2.75, 3.05) is 0 Å². The van der Waals surface area contributed by atoms with Crippen molar-refractivity contribution in [3.05, 3.63) is 30.3 Å². The number of hydrogen-bond acceptors (Lipinski definition) is 2. The summed E-state index contributed by atoms with van der Waals surface area (Å²) in [6.07, 6.45) is 10.00. The van der Waals surface area contributed by atoms with Gasteiger partial charge in [0.15, 0.2) is 8.32 Å². The molecule has 5 rings (SSSR count). The van der Waals surface area contributed by atoms with Crippen LogP contribution < -0.4 is 5.19 Å². The second-order valence-corrected chi connectivity index (χ2v) is 28.5. The van der Waals surface area contributed by atoms with Crippen LogP contribution in [0, 0.1) is 45.3 Å². The quantitative estimate of drug-likeness (QED) is 0.311. The van der Waals surface area contributed by atoms with Crippen LogP contribution in [0.25, 0.3) is 0 Å². The number of benzene rings is 1. The van der Waals surface area contributed by atoms with Crippen LogP contribution in [0.3, 0.4) is 0 Å².